The molecule has 0 fully saturated rings. The van der Waals surface area contributed by atoms with Gasteiger partial charge in [0, 0.05) is 17.2 Å². The Morgan fingerprint density at radius 2 is 1.88 bits per heavy atom. The number of nitrogens with one attached hydrogen (secondary N) is 1. The molecule has 0 atom stereocenters. The van der Waals surface area contributed by atoms with Crippen LogP contribution in [0, 0.1) is 6.92 Å². The summed E-state index contributed by atoms with van der Waals surface area (Å²) < 4.78 is 1.92. The summed E-state index contributed by atoms with van der Waals surface area (Å²) in [6, 6.07) is 10.4. The number of benzene rings is 1. The summed E-state index contributed by atoms with van der Waals surface area (Å²) in [4.78, 5) is 4.31. The van der Waals surface area contributed by atoms with Crippen LogP contribution in [-0.4, -0.2) is 4.98 Å². The maximum atomic E-state index is 4.31. The fraction of sp³-hybridized carbons (Fsp3) is 0.154. The number of aromatic nitrogens is 1. The molecule has 0 saturated carbocycles. The van der Waals surface area contributed by atoms with Gasteiger partial charge in [-0.1, -0.05) is 29.8 Å². The molecule has 0 bridgehead atoms. The van der Waals surface area contributed by atoms with Crippen LogP contribution in [0.3, 0.4) is 0 Å². The summed E-state index contributed by atoms with van der Waals surface area (Å²) in [5.74, 6) is 0.855. The van der Waals surface area contributed by atoms with Crippen molar-refractivity contribution in [2.24, 2.45) is 0 Å². The van der Waals surface area contributed by atoms with Gasteiger partial charge in [0.25, 0.3) is 0 Å². The van der Waals surface area contributed by atoms with Crippen LogP contribution in [0.2, 0.25) is 0 Å². The van der Waals surface area contributed by atoms with Crippen LogP contribution in [0.4, 0.5) is 5.82 Å². The molecule has 0 aliphatic carbocycles. The molecule has 1 N–H and O–H groups in total. The van der Waals surface area contributed by atoms with Crippen molar-refractivity contribution in [2.45, 2.75) is 13.5 Å². The summed E-state index contributed by atoms with van der Waals surface area (Å²) in [7, 11) is 0. The van der Waals surface area contributed by atoms with E-state index in [2.05, 4.69) is 73.3 Å². The van der Waals surface area contributed by atoms with E-state index in [9.17, 15) is 0 Å². The lowest BCUT2D eigenvalue weighted by molar-refractivity contribution is 1.10. The van der Waals surface area contributed by atoms with Gasteiger partial charge in [-0.05, 0) is 50.4 Å². The quantitative estimate of drug-likeness (QED) is 0.875. The molecular weight excluding hydrogens is 344 g/mol. The van der Waals surface area contributed by atoms with Gasteiger partial charge in [0.05, 0.1) is 4.47 Å². The third kappa shape index (κ3) is 3.54. The first-order chi connectivity index (χ1) is 8.15. The van der Waals surface area contributed by atoms with Crippen molar-refractivity contribution < 1.29 is 0 Å². The smallest absolute Gasteiger partial charge is 0.140 e. The fourth-order valence-corrected chi connectivity index (χ4v) is 2.56. The summed E-state index contributed by atoms with van der Waals surface area (Å²) >= 11 is 6.86. The van der Waals surface area contributed by atoms with Gasteiger partial charge >= 0.3 is 0 Å². The van der Waals surface area contributed by atoms with Gasteiger partial charge in [0.15, 0.2) is 0 Å². The predicted molar refractivity (Wildman–Crippen MR) is 78.1 cm³/mol. The number of aryl methyl sites for hydroxylation is 1. The van der Waals surface area contributed by atoms with E-state index < -0.39 is 0 Å². The van der Waals surface area contributed by atoms with E-state index in [1.54, 1.807) is 6.20 Å². The van der Waals surface area contributed by atoms with Crippen molar-refractivity contribution in [2.75, 3.05) is 5.32 Å². The number of hydrogen-bond donors (Lipinski definition) is 1. The molecule has 1 aromatic carbocycles. The highest BCUT2D eigenvalue weighted by atomic mass is 79.9. The molecule has 17 heavy (non-hydrogen) atoms. The van der Waals surface area contributed by atoms with Gasteiger partial charge in [-0.25, -0.2) is 4.98 Å². The lowest BCUT2D eigenvalue weighted by Crippen LogP contribution is -2.01. The van der Waals surface area contributed by atoms with Crippen molar-refractivity contribution in [3.8, 4) is 0 Å². The van der Waals surface area contributed by atoms with Crippen LogP contribution in [0.1, 0.15) is 11.1 Å². The van der Waals surface area contributed by atoms with Crippen LogP contribution < -0.4 is 5.32 Å². The summed E-state index contributed by atoms with van der Waals surface area (Å²) in [6.45, 7) is 2.86. The predicted octanol–water partition coefficient (Wildman–Crippen LogP) is 4.53. The Bertz CT molecular complexity index is 509. The normalized spacial score (nSPS) is 10.3. The Kier molecular flexibility index (Phi) is 4.18. The second kappa shape index (κ2) is 5.65. The number of pyridine rings is 1. The molecule has 2 aromatic rings. The Morgan fingerprint density at radius 1 is 1.18 bits per heavy atom. The van der Waals surface area contributed by atoms with E-state index >= 15 is 0 Å². The van der Waals surface area contributed by atoms with Crippen molar-refractivity contribution in [1.29, 1.82) is 0 Å². The van der Waals surface area contributed by atoms with Gasteiger partial charge in [-0.3, -0.25) is 0 Å². The molecule has 0 saturated heterocycles. The van der Waals surface area contributed by atoms with Gasteiger partial charge in [0.2, 0.25) is 0 Å². The Balaban J connectivity index is 2.04. The third-order valence-electron chi connectivity index (χ3n) is 2.39. The van der Waals surface area contributed by atoms with Gasteiger partial charge < -0.3 is 5.32 Å². The van der Waals surface area contributed by atoms with Crippen LogP contribution in [0.25, 0.3) is 0 Å². The SMILES string of the molecule is Cc1ccc(CNc2ncc(Br)cc2Br)cc1. The number of anilines is 1. The molecule has 2 rings (SSSR count). The molecule has 88 valence electrons. The first kappa shape index (κ1) is 12.6. The molecule has 2 nitrogen and oxygen atoms in total. The van der Waals surface area contributed by atoms with E-state index in [1.807, 2.05) is 6.07 Å². The number of hydrogen-bond acceptors (Lipinski definition) is 2. The van der Waals surface area contributed by atoms with Crippen LogP contribution in [0.5, 0.6) is 0 Å². The number of nitrogens with zero attached hydrogens (tertiary/aromatic N) is 1. The van der Waals surface area contributed by atoms with Gasteiger partial charge in [-0.15, -0.1) is 0 Å². The van der Waals surface area contributed by atoms with E-state index in [1.165, 1.54) is 11.1 Å². The monoisotopic (exact) mass is 354 g/mol. The van der Waals surface area contributed by atoms with Crippen molar-refractivity contribution in [3.05, 3.63) is 56.6 Å². The van der Waals surface area contributed by atoms with E-state index in [0.29, 0.717) is 0 Å². The van der Waals surface area contributed by atoms with E-state index in [4.69, 9.17) is 0 Å². The largest absolute Gasteiger partial charge is 0.365 e. The Morgan fingerprint density at radius 3 is 2.53 bits per heavy atom. The highest BCUT2D eigenvalue weighted by Gasteiger charge is 2.01. The minimum Gasteiger partial charge on any atom is -0.365 e. The highest BCUT2D eigenvalue weighted by Crippen LogP contribution is 2.23. The molecule has 1 aromatic heterocycles. The van der Waals surface area contributed by atoms with Gasteiger partial charge in [0.1, 0.15) is 5.82 Å². The topological polar surface area (TPSA) is 24.9 Å². The van der Waals surface area contributed by atoms with Crippen LogP contribution in [0.15, 0.2) is 45.5 Å². The summed E-state index contributed by atoms with van der Waals surface area (Å²) in [5, 5.41) is 3.30. The maximum absolute atomic E-state index is 4.31. The Labute approximate surface area is 118 Å². The van der Waals surface area contributed by atoms with Crippen molar-refractivity contribution in [1.82, 2.24) is 4.98 Å². The highest BCUT2D eigenvalue weighted by molar-refractivity contribution is 9.11. The third-order valence-corrected chi connectivity index (χ3v) is 3.43. The first-order valence-electron chi connectivity index (χ1n) is 5.25. The zero-order valence-electron chi connectivity index (χ0n) is 9.37. The zero-order valence-corrected chi connectivity index (χ0v) is 12.5. The molecule has 4 heteroatoms. The van der Waals surface area contributed by atoms with Crippen LogP contribution in [-0.2, 0) is 6.54 Å². The second-order valence-corrected chi connectivity index (χ2v) is 5.59. The van der Waals surface area contributed by atoms with Gasteiger partial charge in [-0.2, -0.15) is 0 Å². The molecule has 0 aliphatic heterocycles. The van der Waals surface area contributed by atoms with E-state index in [-0.39, 0.29) is 0 Å². The first-order valence-corrected chi connectivity index (χ1v) is 6.84. The zero-order chi connectivity index (χ0) is 12.3. The van der Waals surface area contributed by atoms with Crippen molar-refractivity contribution >= 4 is 37.7 Å². The average Bonchev–Trinajstić information content (AvgIpc) is 2.30. The second-order valence-electron chi connectivity index (χ2n) is 3.82. The molecule has 0 radical (unpaired) electrons. The molecule has 0 spiro atoms. The Hall–Kier alpha value is -0.870. The number of rotatable bonds is 3. The average molecular weight is 356 g/mol. The molecule has 0 amide bonds. The van der Waals surface area contributed by atoms with E-state index in [0.717, 1.165) is 21.3 Å². The molecule has 1 heterocycles. The molecule has 0 aliphatic rings. The van der Waals surface area contributed by atoms with Crippen molar-refractivity contribution in [3.63, 3.8) is 0 Å². The summed E-state index contributed by atoms with van der Waals surface area (Å²) in [5.41, 5.74) is 2.52. The summed E-state index contributed by atoms with van der Waals surface area (Å²) in [6.07, 6.45) is 1.78. The fourth-order valence-electron chi connectivity index (χ4n) is 1.44. The lowest BCUT2D eigenvalue weighted by atomic mass is 10.1. The minimum atomic E-state index is 0.771. The minimum absolute atomic E-state index is 0.771. The van der Waals surface area contributed by atoms with Crippen LogP contribution >= 0.6 is 31.9 Å². The number of halogens is 2. The molecular formula is C13H12Br2N2. The standard InChI is InChI=1S/C13H12Br2N2/c1-9-2-4-10(5-3-9)7-16-13-12(15)6-11(14)8-17-13/h2-6,8H,7H2,1H3,(H,16,17). The lowest BCUT2D eigenvalue weighted by Gasteiger charge is -2.08. The maximum Gasteiger partial charge on any atom is 0.140 e. The molecule has 0 unspecified atom stereocenters.